The maximum absolute atomic E-state index is 9.41. The maximum Gasteiger partial charge on any atom is 0.100 e. The Hall–Kier alpha value is -4.17. The van der Waals surface area contributed by atoms with Crippen LogP contribution in [0.2, 0.25) is 0 Å². The van der Waals surface area contributed by atoms with E-state index in [9.17, 15) is 5.26 Å². The van der Waals surface area contributed by atoms with E-state index in [0.717, 1.165) is 39.1 Å². The minimum absolute atomic E-state index is 0.666. The predicted octanol–water partition coefficient (Wildman–Crippen LogP) is 4.95. The fourth-order valence-corrected chi connectivity index (χ4v) is 3.46. The topological polar surface area (TPSA) is 70.3 Å². The lowest BCUT2D eigenvalue weighted by Crippen LogP contribution is -1.93. The molecule has 0 saturated heterocycles. The second-order valence-electron chi connectivity index (χ2n) is 6.50. The summed E-state index contributed by atoms with van der Waals surface area (Å²) in [5.74, 6) is 0. The van der Waals surface area contributed by atoms with Gasteiger partial charge >= 0.3 is 0 Å². The average Bonchev–Trinajstić information content (AvgIpc) is 3.43. The Kier molecular flexibility index (Phi) is 3.74. The van der Waals surface area contributed by atoms with Crippen molar-refractivity contribution in [2.24, 2.45) is 0 Å². The van der Waals surface area contributed by atoms with Crippen LogP contribution in [0.5, 0.6) is 0 Å². The fourth-order valence-electron chi connectivity index (χ4n) is 3.46. The molecule has 5 nitrogen and oxygen atoms in total. The quantitative estimate of drug-likeness (QED) is 0.494. The summed E-state index contributed by atoms with van der Waals surface area (Å²) in [6, 6.07) is 26.2. The Labute approximate surface area is 161 Å². The molecule has 0 spiro atoms. The molecule has 0 aliphatic rings. The number of H-pyrrole nitrogens is 1. The van der Waals surface area contributed by atoms with Crippen molar-refractivity contribution in [2.45, 2.75) is 0 Å². The fraction of sp³-hybridized carbons (Fsp3) is 0. The van der Waals surface area contributed by atoms with Crippen molar-refractivity contribution in [3.63, 3.8) is 0 Å². The molecule has 1 N–H and O–H groups in total. The van der Waals surface area contributed by atoms with E-state index >= 15 is 0 Å². The van der Waals surface area contributed by atoms with Crippen molar-refractivity contribution in [1.82, 2.24) is 19.7 Å². The molecule has 5 aromatic rings. The lowest BCUT2D eigenvalue weighted by molar-refractivity contribution is 1.09. The van der Waals surface area contributed by atoms with Crippen molar-refractivity contribution in [1.29, 1.82) is 5.26 Å². The normalized spacial score (nSPS) is 10.8. The molecule has 5 rings (SSSR count). The van der Waals surface area contributed by atoms with Crippen molar-refractivity contribution in [3.05, 3.63) is 90.9 Å². The molecule has 0 unspecified atom stereocenters. The van der Waals surface area contributed by atoms with Gasteiger partial charge in [-0.3, -0.25) is 9.67 Å². The van der Waals surface area contributed by atoms with Gasteiger partial charge in [0.2, 0.25) is 0 Å². The van der Waals surface area contributed by atoms with Gasteiger partial charge in [-0.15, -0.1) is 0 Å². The molecular weight excluding hydrogens is 346 g/mol. The second-order valence-corrected chi connectivity index (χ2v) is 6.50. The molecule has 0 radical (unpaired) electrons. The van der Waals surface area contributed by atoms with Gasteiger partial charge in [-0.1, -0.05) is 36.4 Å². The van der Waals surface area contributed by atoms with Crippen molar-refractivity contribution in [2.75, 3.05) is 0 Å². The summed E-state index contributed by atoms with van der Waals surface area (Å²) in [6.45, 7) is 0. The van der Waals surface area contributed by atoms with Crippen LogP contribution in [0.15, 0.2) is 85.3 Å². The third-order valence-electron chi connectivity index (χ3n) is 4.84. The Balaban J connectivity index is 1.60. The zero-order chi connectivity index (χ0) is 18.9. The predicted molar refractivity (Wildman–Crippen MR) is 109 cm³/mol. The highest BCUT2D eigenvalue weighted by Gasteiger charge is 2.09. The van der Waals surface area contributed by atoms with Gasteiger partial charge in [0.15, 0.2) is 0 Å². The van der Waals surface area contributed by atoms with E-state index in [1.165, 1.54) is 0 Å². The van der Waals surface area contributed by atoms with Gasteiger partial charge in [0, 0.05) is 17.4 Å². The molecular formula is C23H15N5. The van der Waals surface area contributed by atoms with Gasteiger partial charge in [0.05, 0.1) is 28.4 Å². The van der Waals surface area contributed by atoms with E-state index in [0.29, 0.717) is 5.56 Å². The number of nitriles is 1. The van der Waals surface area contributed by atoms with Crippen LogP contribution >= 0.6 is 0 Å². The van der Waals surface area contributed by atoms with E-state index in [4.69, 9.17) is 0 Å². The minimum Gasteiger partial charge on any atom is -0.299 e. The number of imidazole rings is 1. The minimum atomic E-state index is 0.666. The number of nitrogens with one attached hydrogen (secondary N) is 1. The first-order chi connectivity index (χ1) is 13.8. The number of hydrogen-bond donors (Lipinski definition) is 1. The van der Waals surface area contributed by atoms with E-state index < -0.39 is 0 Å². The third-order valence-corrected chi connectivity index (χ3v) is 4.84. The number of rotatable bonds is 3. The monoisotopic (exact) mass is 361 g/mol. The van der Waals surface area contributed by atoms with Gasteiger partial charge in [-0.25, -0.2) is 4.98 Å². The molecule has 132 valence electrons. The molecule has 0 aliphatic heterocycles. The van der Waals surface area contributed by atoms with Crippen LogP contribution < -0.4 is 0 Å². The summed E-state index contributed by atoms with van der Waals surface area (Å²) >= 11 is 0. The number of hydrogen-bond acceptors (Lipinski definition) is 3. The van der Waals surface area contributed by atoms with Crippen LogP contribution in [0.1, 0.15) is 5.56 Å². The second kappa shape index (κ2) is 6.53. The van der Waals surface area contributed by atoms with E-state index in [1.807, 2.05) is 60.9 Å². The lowest BCUT2D eigenvalue weighted by atomic mass is 10.00. The van der Waals surface area contributed by atoms with Gasteiger partial charge in [0.1, 0.15) is 6.33 Å². The first-order valence-corrected chi connectivity index (χ1v) is 8.90. The van der Waals surface area contributed by atoms with Crippen LogP contribution in [0, 0.1) is 11.3 Å². The molecule has 28 heavy (non-hydrogen) atoms. The highest BCUT2D eigenvalue weighted by molar-refractivity contribution is 5.83. The molecule has 0 saturated carbocycles. The standard InChI is InChI=1S/C23H15N5/c24-14-18-4-1-2-7-20(18)16-5-3-6-19(12-16)28-15-25-22-13-17(8-9-23(22)28)21-10-11-26-27-21/h1-13,15H,(H,26,27). The maximum atomic E-state index is 9.41. The zero-order valence-electron chi connectivity index (χ0n) is 14.9. The SMILES string of the molecule is N#Cc1ccccc1-c1cccc(-n2cnc3cc(-c4ccn[nH]4)ccc32)c1. The molecule has 2 aromatic heterocycles. The number of aromatic amines is 1. The van der Waals surface area contributed by atoms with Crippen LogP contribution in [0.25, 0.3) is 39.1 Å². The van der Waals surface area contributed by atoms with E-state index in [1.54, 1.807) is 6.20 Å². The Morgan fingerprint density at radius 3 is 2.68 bits per heavy atom. The summed E-state index contributed by atoms with van der Waals surface area (Å²) in [7, 11) is 0. The van der Waals surface area contributed by atoms with Gasteiger partial charge in [-0.2, -0.15) is 10.4 Å². The summed E-state index contributed by atoms with van der Waals surface area (Å²) in [4.78, 5) is 4.58. The smallest absolute Gasteiger partial charge is 0.100 e. The highest BCUT2D eigenvalue weighted by atomic mass is 15.1. The molecule has 3 aromatic carbocycles. The summed E-state index contributed by atoms with van der Waals surface area (Å²) < 4.78 is 2.06. The van der Waals surface area contributed by atoms with Crippen molar-refractivity contribution in [3.8, 4) is 34.1 Å². The van der Waals surface area contributed by atoms with Crippen LogP contribution in [-0.2, 0) is 0 Å². The number of fused-ring (bicyclic) bond motifs is 1. The first kappa shape index (κ1) is 16.0. The molecule has 5 heteroatoms. The Morgan fingerprint density at radius 2 is 1.82 bits per heavy atom. The molecule has 2 heterocycles. The lowest BCUT2D eigenvalue weighted by Gasteiger charge is -2.09. The van der Waals surface area contributed by atoms with Crippen molar-refractivity contribution < 1.29 is 0 Å². The van der Waals surface area contributed by atoms with Crippen molar-refractivity contribution >= 4 is 11.0 Å². The van der Waals surface area contributed by atoms with Crippen LogP contribution in [-0.4, -0.2) is 19.7 Å². The number of nitrogens with zero attached hydrogens (tertiary/aromatic N) is 4. The molecule has 0 bridgehead atoms. The highest BCUT2D eigenvalue weighted by Crippen LogP contribution is 2.28. The average molecular weight is 361 g/mol. The van der Waals surface area contributed by atoms with Crippen LogP contribution in [0.3, 0.4) is 0 Å². The van der Waals surface area contributed by atoms with Gasteiger partial charge < -0.3 is 0 Å². The van der Waals surface area contributed by atoms with E-state index in [-0.39, 0.29) is 0 Å². The van der Waals surface area contributed by atoms with Crippen LogP contribution in [0.4, 0.5) is 0 Å². The Morgan fingerprint density at radius 1 is 0.893 bits per heavy atom. The summed E-state index contributed by atoms with van der Waals surface area (Å²) in [5.41, 5.74) is 7.55. The van der Waals surface area contributed by atoms with Gasteiger partial charge in [-0.05, 0) is 47.5 Å². The zero-order valence-corrected chi connectivity index (χ0v) is 14.9. The van der Waals surface area contributed by atoms with Gasteiger partial charge in [0.25, 0.3) is 0 Å². The number of benzene rings is 3. The molecule has 0 fully saturated rings. The molecule has 0 amide bonds. The number of aromatic nitrogens is 4. The Bertz CT molecular complexity index is 1320. The summed E-state index contributed by atoms with van der Waals surface area (Å²) in [6.07, 6.45) is 3.57. The first-order valence-electron chi connectivity index (χ1n) is 8.90. The third kappa shape index (κ3) is 2.65. The van der Waals surface area contributed by atoms with E-state index in [2.05, 4.69) is 44.0 Å². The molecule has 0 atom stereocenters. The molecule has 0 aliphatic carbocycles. The largest absolute Gasteiger partial charge is 0.299 e. The summed E-state index contributed by atoms with van der Waals surface area (Å²) in [5, 5.41) is 16.4.